The molecule has 2 N–H and O–H groups in total. The van der Waals surface area contributed by atoms with Gasteiger partial charge in [-0.05, 0) is 12.1 Å². The Balaban J connectivity index is 1.63. The van der Waals surface area contributed by atoms with E-state index in [4.69, 9.17) is 9.93 Å². The largest absolute Gasteiger partial charge is 0.383 e. The molecule has 0 saturated heterocycles. The van der Waals surface area contributed by atoms with Gasteiger partial charge in [0.2, 0.25) is 0 Å². The standard InChI is InChI=1S/C18H15N3O2S/c19-18-21(14-8-4-5-9-17(14)24-18)11-15(22)16-10-13(20-23-16)12-6-2-1-3-7-12/h1-10,15,19,22H,11H2. The predicted molar refractivity (Wildman–Crippen MR) is 92.6 cm³/mol. The van der Waals surface area contributed by atoms with Crippen LogP contribution in [0.15, 0.2) is 65.2 Å². The summed E-state index contributed by atoms with van der Waals surface area (Å²) in [5.41, 5.74) is 2.57. The van der Waals surface area contributed by atoms with Gasteiger partial charge < -0.3 is 14.2 Å². The predicted octanol–water partition coefficient (Wildman–Crippen LogP) is 3.57. The van der Waals surface area contributed by atoms with Gasteiger partial charge in [-0.15, -0.1) is 0 Å². The zero-order valence-electron chi connectivity index (χ0n) is 12.7. The first-order valence-electron chi connectivity index (χ1n) is 7.55. The summed E-state index contributed by atoms with van der Waals surface area (Å²) in [6.45, 7) is 0.256. The van der Waals surface area contributed by atoms with E-state index in [1.54, 1.807) is 10.6 Å². The molecule has 0 bridgehead atoms. The Labute approximate surface area is 141 Å². The molecule has 0 aliphatic rings. The van der Waals surface area contributed by atoms with Gasteiger partial charge >= 0.3 is 0 Å². The molecule has 2 heterocycles. The molecule has 0 aliphatic heterocycles. The second-order valence-electron chi connectivity index (χ2n) is 5.48. The molecule has 0 spiro atoms. The van der Waals surface area contributed by atoms with E-state index in [2.05, 4.69) is 5.16 Å². The highest BCUT2D eigenvalue weighted by Crippen LogP contribution is 2.24. The van der Waals surface area contributed by atoms with Crippen LogP contribution >= 0.6 is 11.3 Å². The molecule has 5 nitrogen and oxygen atoms in total. The van der Waals surface area contributed by atoms with Crippen molar-refractivity contribution in [2.45, 2.75) is 12.6 Å². The van der Waals surface area contributed by atoms with E-state index in [-0.39, 0.29) is 6.54 Å². The summed E-state index contributed by atoms with van der Waals surface area (Å²) in [5, 5.41) is 22.7. The first-order valence-corrected chi connectivity index (χ1v) is 8.37. The number of nitrogens with zero attached hydrogens (tertiary/aromatic N) is 2. The maximum absolute atomic E-state index is 10.5. The van der Waals surface area contributed by atoms with Crippen molar-refractivity contribution in [2.75, 3.05) is 0 Å². The van der Waals surface area contributed by atoms with Crippen LogP contribution in [0.1, 0.15) is 11.9 Å². The number of thiazole rings is 1. The van der Waals surface area contributed by atoms with E-state index < -0.39 is 6.10 Å². The Morgan fingerprint density at radius 1 is 1.12 bits per heavy atom. The minimum atomic E-state index is -0.859. The zero-order chi connectivity index (χ0) is 16.5. The lowest BCUT2D eigenvalue weighted by Crippen LogP contribution is -2.17. The molecule has 4 aromatic rings. The highest BCUT2D eigenvalue weighted by Gasteiger charge is 2.17. The summed E-state index contributed by atoms with van der Waals surface area (Å²) in [5.74, 6) is 0.399. The third kappa shape index (κ3) is 2.66. The topological polar surface area (TPSA) is 75.0 Å². The maximum Gasteiger partial charge on any atom is 0.183 e. The molecule has 1 atom stereocenters. The Morgan fingerprint density at radius 2 is 1.88 bits per heavy atom. The van der Waals surface area contributed by atoms with Gasteiger partial charge in [0.05, 0.1) is 16.8 Å². The van der Waals surface area contributed by atoms with Crippen molar-refractivity contribution in [2.24, 2.45) is 0 Å². The number of aromatic nitrogens is 2. The number of aliphatic hydroxyl groups excluding tert-OH is 1. The SMILES string of the molecule is N=c1sc2ccccc2n1CC(O)c1cc(-c2ccccc2)no1. The second kappa shape index (κ2) is 6.07. The fourth-order valence-electron chi connectivity index (χ4n) is 2.67. The van der Waals surface area contributed by atoms with E-state index >= 15 is 0 Å². The lowest BCUT2D eigenvalue weighted by atomic mass is 10.1. The number of nitrogens with one attached hydrogen (secondary N) is 1. The van der Waals surface area contributed by atoms with Crippen molar-refractivity contribution in [1.29, 1.82) is 5.41 Å². The summed E-state index contributed by atoms with van der Waals surface area (Å²) in [6.07, 6.45) is -0.859. The van der Waals surface area contributed by atoms with Crippen LogP contribution in [0, 0.1) is 5.41 Å². The number of hydrogen-bond donors (Lipinski definition) is 2. The second-order valence-corrected chi connectivity index (χ2v) is 6.51. The molecule has 0 amide bonds. The number of hydrogen-bond acceptors (Lipinski definition) is 5. The number of para-hydroxylation sites is 1. The van der Waals surface area contributed by atoms with Crippen LogP contribution in [0.25, 0.3) is 21.5 Å². The van der Waals surface area contributed by atoms with Crippen LogP contribution in [0.2, 0.25) is 0 Å². The highest BCUT2D eigenvalue weighted by molar-refractivity contribution is 7.16. The summed E-state index contributed by atoms with van der Waals surface area (Å²) in [7, 11) is 0. The Kier molecular flexibility index (Phi) is 3.76. The molecule has 1 unspecified atom stereocenters. The molecule has 0 fully saturated rings. The molecular weight excluding hydrogens is 322 g/mol. The summed E-state index contributed by atoms with van der Waals surface area (Å²) in [6, 6.07) is 19.2. The van der Waals surface area contributed by atoms with Crippen molar-refractivity contribution in [3.63, 3.8) is 0 Å². The van der Waals surface area contributed by atoms with Crippen LogP contribution in [-0.2, 0) is 6.54 Å². The molecule has 0 aliphatic carbocycles. The van der Waals surface area contributed by atoms with E-state index in [0.29, 0.717) is 16.3 Å². The van der Waals surface area contributed by atoms with Gasteiger partial charge in [0.15, 0.2) is 10.6 Å². The summed E-state index contributed by atoms with van der Waals surface area (Å²) in [4.78, 5) is 0.401. The van der Waals surface area contributed by atoms with Gasteiger partial charge in [-0.25, -0.2) is 0 Å². The van der Waals surface area contributed by atoms with Gasteiger partial charge in [0.1, 0.15) is 11.8 Å². The summed E-state index contributed by atoms with van der Waals surface area (Å²) >= 11 is 1.39. The number of fused-ring (bicyclic) bond motifs is 1. The minimum Gasteiger partial charge on any atom is -0.383 e. The average molecular weight is 337 g/mol. The maximum atomic E-state index is 10.5. The normalized spacial score (nSPS) is 12.5. The third-order valence-electron chi connectivity index (χ3n) is 3.89. The average Bonchev–Trinajstić information content (AvgIpc) is 3.21. The molecule has 2 aromatic carbocycles. The van der Waals surface area contributed by atoms with Gasteiger partial charge in [-0.1, -0.05) is 59.0 Å². The fraction of sp³-hybridized carbons (Fsp3) is 0.111. The number of benzene rings is 2. The van der Waals surface area contributed by atoms with Gasteiger partial charge in [-0.3, -0.25) is 5.41 Å². The van der Waals surface area contributed by atoms with Gasteiger partial charge in [0, 0.05) is 11.6 Å². The smallest absolute Gasteiger partial charge is 0.183 e. The van der Waals surface area contributed by atoms with E-state index in [1.807, 2.05) is 54.6 Å². The third-order valence-corrected chi connectivity index (χ3v) is 4.87. The number of aliphatic hydroxyl groups is 1. The van der Waals surface area contributed by atoms with E-state index in [9.17, 15) is 5.11 Å². The number of rotatable bonds is 4. The van der Waals surface area contributed by atoms with Gasteiger partial charge in [0.25, 0.3) is 0 Å². The van der Waals surface area contributed by atoms with Crippen molar-refractivity contribution >= 4 is 21.6 Å². The molecule has 2 aromatic heterocycles. The van der Waals surface area contributed by atoms with Crippen LogP contribution in [0.4, 0.5) is 0 Å². The molecule has 0 radical (unpaired) electrons. The molecular formula is C18H15N3O2S. The van der Waals surface area contributed by atoms with Crippen LogP contribution in [0.5, 0.6) is 0 Å². The molecule has 6 heteroatoms. The minimum absolute atomic E-state index is 0.256. The van der Waals surface area contributed by atoms with E-state index in [0.717, 1.165) is 15.8 Å². The van der Waals surface area contributed by atoms with Crippen LogP contribution in [-0.4, -0.2) is 14.8 Å². The quantitative estimate of drug-likeness (QED) is 0.598. The van der Waals surface area contributed by atoms with Crippen molar-refractivity contribution in [1.82, 2.24) is 9.72 Å². The first kappa shape index (κ1) is 14.9. The molecule has 24 heavy (non-hydrogen) atoms. The van der Waals surface area contributed by atoms with Crippen LogP contribution in [0.3, 0.4) is 0 Å². The zero-order valence-corrected chi connectivity index (χ0v) is 13.5. The van der Waals surface area contributed by atoms with Crippen molar-refractivity contribution < 1.29 is 9.63 Å². The fourth-order valence-corrected chi connectivity index (χ4v) is 3.59. The van der Waals surface area contributed by atoms with Crippen molar-refractivity contribution in [3.05, 3.63) is 71.2 Å². The highest BCUT2D eigenvalue weighted by atomic mass is 32.1. The molecule has 0 saturated carbocycles. The summed E-state index contributed by atoms with van der Waals surface area (Å²) < 4.78 is 8.12. The Hall–Kier alpha value is -2.70. The molecule has 120 valence electrons. The first-order chi connectivity index (χ1) is 11.7. The Morgan fingerprint density at radius 3 is 2.71 bits per heavy atom. The van der Waals surface area contributed by atoms with Gasteiger partial charge in [-0.2, -0.15) is 0 Å². The lowest BCUT2D eigenvalue weighted by molar-refractivity contribution is 0.122. The van der Waals surface area contributed by atoms with Crippen molar-refractivity contribution in [3.8, 4) is 11.3 Å². The van der Waals surface area contributed by atoms with Crippen LogP contribution < -0.4 is 4.80 Å². The molecule has 4 rings (SSSR count). The lowest BCUT2D eigenvalue weighted by Gasteiger charge is -2.09. The Bertz CT molecular complexity index is 1030. The monoisotopic (exact) mass is 337 g/mol. The van der Waals surface area contributed by atoms with E-state index in [1.165, 1.54) is 11.3 Å².